The van der Waals surface area contributed by atoms with Gasteiger partial charge in [-0.1, -0.05) is 36.4 Å². The van der Waals surface area contributed by atoms with Gasteiger partial charge in [0.2, 0.25) is 0 Å². The number of nitrogens with one attached hydrogen (secondary N) is 1. The fraction of sp³-hybridized carbons (Fsp3) is 0.133. The predicted octanol–water partition coefficient (Wildman–Crippen LogP) is 3.65. The second-order valence-electron chi connectivity index (χ2n) is 4.46. The number of hydrogen-bond acceptors (Lipinski definition) is 4. The number of nitrogens with zero attached hydrogens (tertiary/aromatic N) is 1. The van der Waals surface area contributed by atoms with Crippen molar-refractivity contribution in [1.82, 2.24) is 0 Å². The van der Waals surface area contributed by atoms with Crippen molar-refractivity contribution < 1.29 is 14.5 Å². The van der Waals surface area contributed by atoms with Crippen LogP contribution in [0.3, 0.4) is 0 Å². The fourth-order valence-electron chi connectivity index (χ4n) is 1.78. The normalized spacial score (nSPS) is 9.95. The highest BCUT2D eigenvalue weighted by Gasteiger charge is 2.16. The van der Waals surface area contributed by atoms with Crippen molar-refractivity contribution in [1.29, 1.82) is 0 Å². The summed E-state index contributed by atoms with van der Waals surface area (Å²) >= 11 is 0. The van der Waals surface area contributed by atoms with E-state index in [-0.39, 0.29) is 18.0 Å². The van der Waals surface area contributed by atoms with Crippen molar-refractivity contribution in [3.8, 4) is 0 Å². The average molecular weight is 286 g/mol. The van der Waals surface area contributed by atoms with Gasteiger partial charge >= 0.3 is 6.09 Å². The van der Waals surface area contributed by atoms with E-state index in [1.807, 2.05) is 30.3 Å². The van der Waals surface area contributed by atoms with Gasteiger partial charge in [-0.15, -0.1) is 0 Å². The van der Waals surface area contributed by atoms with Gasteiger partial charge in [0.05, 0.1) is 4.92 Å². The highest BCUT2D eigenvalue weighted by molar-refractivity contribution is 5.88. The highest BCUT2D eigenvalue weighted by Crippen LogP contribution is 2.25. The Kier molecular flexibility index (Phi) is 4.50. The molecule has 0 aliphatic carbocycles. The molecule has 0 bridgehead atoms. The summed E-state index contributed by atoms with van der Waals surface area (Å²) in [7, 11) is 0. The highest BCUT2D eigenvalue weighted by atomic mass is 16.6. The van der Waals surface area contributed by atoms with Crippen LogP contribution in [0.1, 0.15) is 11.1 Å². The summed E-state index contributed by atoms with van der Waals surface area (Å²) in [4.78, 5) is 22.1. The summed E-state index contributed by atoms with van der Waals surface area (Å²) in [5.74, 6) is 0. The third-order valence-electron chi connectivity index (χ3n) is 2.80. The molecule has 2 rings (SSSR count). The SMILES string of the molecule is Cc1ccc([N+](=O)[O-])c(NC(=O)OCc2ccccc2)c1. The van der Waals surface area contributed by atoms with Crippen LogP contribution in [0, 0.1) is 17.0 Å². The molecule has 1 amide bonds. The summed E-state index contributed by atoms with van der Waals surface area (Å²) in [5.41, 5.74) is 1.60. The Bertz CT molecular complexity index is 656. The monoisotopic (exact) mass is 286 g/mol. The van der Waals surface area contributed by atoms with Crippen LogP contribution in [0.4, 0.5) is 16.2 Å². The second-order valence-corrected chi connectivity index (χ2v) is 4.46. The number of carbonyl (C=O) groups excluding carboxylic acids is 1. The largest absolute Gasteiger partial charge is 0.444 e. The Morgan fingerprint density at radius 1 is 1.24 bits per heavy atom. The number of rotatable bonds is 4. The fourth-order valence-corrected chi connectivity index (χ4v) is 1.78. The lowest BCUT2D eigenvalue weighted by Crippen LogP contribution is -2.14. The second kappa shape index (κ2) is 6.51. The van der Waals surface area contributed by atoms with E-state index in [2.05, 4.69) is 5.32 Å². The van der Waals surface area contributed by atoms with Crippen LogP contribution in [-0.2, 0) is 11.3 Å². The quantitative estimate of drug-likeness (QED) is 0.687. The maximum Gasteiger partial charge on any atom is 0.412 e. The number of aryl methyl sites for hydroxylation is 1. The molecule has 0 heterocycles. The van der Waals surface area contributed by atoms with E-state index in [1.54, 1.807) is 13.0 Å². The van der Waals surface area contributed by atoms with Crippen LogP contribution in [0.15, 0.2) is 48.5 Å². The predicted molar refractivity (Wildman–Crippen MR) is 78.1 cm³/mol. The number of carbonyl (C=O) groups is 1. The van der Waals surface area contributed by atoms with Crippen LogP contribution >= 0.6 is 0 Å². The van der Waals surface area contributed by atoms with E-state index in [9.17, 15) is 14.9 Å². The van der Waals surface area contributed by atoms with Crippen molar-refractivity contribution in [3.63, 3.8) is 0 Å². The summed E-state index contributed by atoms with van der Waals surface area (Å²) in [6.45, 7) is 1.89. The molecule has 6 heteroatoms. The number of amides is 1. The molecule has 21 heavy (non-hydrogen) atoms. The maximum absolute atomic E-state index is 11.7. The topological polar surface area (TPSA) is 81.5 Å². The lowest BCUT2D eigenvalue weighted by molar-refractivity contribution is -0.383. The summed E-state index contributed by atoms with van der Waals surface area (Å²) in [5, 5.41) is 13.3. The van der Waals surface area contributed by atoms with Gasteiger partial charge < -0.3 is 4.74 Å². The zero-order valence-corrected chi connectivity index (χ0v) is 11.4. The van der Waals surface area contributed by atoms with E-state index in [0.29, 0.717) is 0 Å². The Morgan fingerprint density at radius 2 is 1.95 bits per heavy atom. The molecule has 0 aliphatic rings. The first-order valence-corrected chi connectivity index (χ1v) is 6.29. The van der Waals surface area contributed by atoms with Crippen LogP contribution < -0.4 is 5.32 Å². The molecule has 0 unspecified atom stereocenters. The van der Waals surface area contributed by atoms with Crippen molar-refractivity contribution in [2.24, 2.45) is 0 Å². The molecular weight excluding hydrogens is 272 g/mol. The summed E-state index contributed by atoms with van der Waals surface area (Å²) in [6, 6.07) is 13.7. The molecule has 0 aliphatic heterocycles. The Hall–Kier alpha value is -2.89. The number of ether oxygens (including phenoxy) is 1. The van der Waals surface area contributed by atoms with Crippen molar-refractivity contribution in [3.05, 3.63) is 69.8 Å². The van der Waals surface area contributed by atoms with Crippen LogP contribution in [0.2, 0.25) is 0 Å². The van der Waals surface area contributed by atoms with E-state index < -0.39 is 11.0 Å². The van der Waals surface area contributed by atoms with Crippen LogP contribution in [0.25, 0.3) is 0 Å². The number of anilines is 1. The smallest absolute Gasteiger partial charge is 0.412 e. The lowest BCUT2D eigenvalue weighted by atomic mass is 10.2. The number of nitro groups is 1. The standard InChI is InChI=1S/C15H14N2O4/c1-11-7-8-14(17(19)20)13(9-11)16-15(18)21-10-12-5-3-2-4-6-12/h2-9H,10H2,1H3,(H,16,18). The van der Waals surface area contributed by atoms with Gasteiger partial charge in [0.25, 0.3) is 5.69 Å². The molecule has 1 N–H and O–H groups in total. The van der Waals surface area contributed by atoms with Gasteiger partial charge in [0.1, 0.15) is 12.3 Å². The Labute approximate surface area is 121 Å². The third kappa shape index (κ3) is 4.04. The molecule has 0 spiro atoms. The van der Waals surface area contributed by atoms with Gasteiger partial charge in [-0.05, 0) is 24.1 Å². The lowest BCUT2D eigenvalue weighted by Gasteiger charge is -2.08. The molecule has 0 atom stereocenters. The maximum atomic E-state index is 11.7. The Balaban J connectivity index is 2.02. The molecule has 0 aromatic heterocycles. The van der Waals surface area contributed by atoms with Crippen molar-refractivity contribution in [2.45, 2.75) is 13.5 Å². The van der Waals surface area contributed by atoms with E-state index in [1.165, 1.54) is 12.1 Å². The number of benzene rings is 2. The van der Waals surface area contributed by atoms with Crippen LogP contribution in [0.5, 0.6) is 0 Å². The molecule has 108 valence electrons. The number of nitro benzene ring substituents is 1. The first-order valence-electron chi connectivity index (χ1n) is 6.29. The molecule has 0 saturated carbocycles. The van der Waals surface area contributed by atoms with Crippen molar-refractivity contribution >= 4 is 17.5 Å². The van der Waals surface area contributed by atoms with Gasteiger partial charge in [0, 0.05) is 6.07 Å². The zero-order chi connectivity index (χ0) is 15.2. The molecule has 2 aromatic carbocycles. The Morgan fingerprint density at radius 3 is 2.62 bits per heavy atom. The molecular formula is C15H14N2O4. The first-order chi connectivity index (χ1) is 10.1. The summed E-state index contributed by atoms with van der Waals surface area (Å²) in [6.07, 6.45) is -0.729. The first kappa shape index (κ1) is 14.5. The molecule has 6 nitrogen and oxygen atoms in total. The molecule has 0 fully saturated rings. The molecule has 2 aromatic rings. The van der Waals surface area contributed by atoms with Crippen molar-refractivity contribution in [2.75, 3.05) is 5.32 Å². The molecule has 0 radical (unpaired) electrons. The minimum Gasteiger partial charge on any atom is -0.444 e. The third-order valence-corrected chi connectivity index (χ3v) is 2.80. The van der Waals surface area contributed by atoms with Gasteiger partial charge in [0.15, 0.2) is 0 Å². The summed E-state index contributed by atoms with van der Waals surface area (Å²) < 4.78 is 5.03. The molecule has 0 saturated heterocycles. The number of hydrogen-bond donors (Lipinski definition) is 1. The van der Waals surface area contributed by atoms with E-state index >= 15 is 0 Å². The zero-order valence-electron chi connectivity index (χ0n) is 11.4. The minimum atomic E-state index is -0.729. The van der Waals surface area contributed by atoms with Gasteiger partial charge in [-0.25, -0.2) is 4.79 Å². The average Bonchev–Trinajstić information content (AvgIpc) is 2.46. The minimum absolute atomic E-state index is 0.103. The van der Waals surface area contributed by atoms with Gasteiger partial charge in [-0.2, -0.15) is 0 Å². The van der Waals surface area contributed by atoms with E-state index in [4.69, 9.17) is 4.74 Å². The van der Waals surface area contributed by atoms with Crippen LogP contribution in [-0.4, -0.2) is 11.0 Å². The van der Waals surface area contributed by atoms with E-state index in [0.717, 1.165) is 11.1 Å². The van der Waals surface area contributed by atoms with Gasteiger partial charge in [-0.3, -0.25) is 15.4 Å².